The highest BCUT2D eigenvalue weighted by molar-refractivity contribution is 5.94. The normalized spacial score (nSPS) is 11.1. The summed E-state index contributed by atoms with van der Waals surface area (Å²) in [5.74, 6) is 7.20. The maximum atomic E-state index is 5.97. The molecule has 0 amide bonds. The minimum Gasteiger partial charge on any atom is -0.489 e. The van der Waals surface area contributed by atoms with E-state index in [0.29, 0.717) is 42.8 Å². The van der Waals surface area contributed by atoms with Crippen molar-refractivity contribution in [2.45, 2.75) is 6.54 Å². The lowest BCUT2D eigenvalue weighted by Crippen LogP contribution is -2.12. The van der Waals surface area contributed by atoms with Crippen LogP contribution in [0.3, 0.4) is 0 Å². The molecule has 2 heterocycles. The molecule has 172 valence electrons. The first-order chi connectivity index (χ1) is 16.8. The van der Waals surface area contributed by atoms with E-state index in [-0.39, 0.29) is 6.01 Å². The van der Waals surface area contributed by atoms with E-state index < -0.39 is 0 Å². The van der Waals surface area contributed by atoms with Gasteiger partial charge in [-0.15, -0.1) is 0 Å². The number of imidazole rings is 1. The zero-order valence-electron chi connectivity index (χ0n) is 18.6. The maximum absolute atomic E-state index is 5.97. The van der Waals surface area contributed by atoms with Gasteiger partial charge in [-0.05, 0) is 29.8 Å². The molecule has 2 aromatic heterocycles. The number of fused-ring (bicyclic) bond motifs is 2. The van der Waals surface area contributed by atoms with Crippen molar-refractivity contribution in [2.24, 2.45) is 5.90 Å². The number of anilines is 1. The van der Waals surface area contributed by atoms with Crippen molar-refractivity contribution in [2.75, 3.05) is 25.6 Å². The van der Waals surface area contributed by atoms with Gasteiger partial charge in [0.15, 0.2) is 0 Å². The first-order valence-corrected chi connectivity index (χ1v) is 10.8. The van der Waals surface area contributed by atoms with E-state index >= 15 is 0 Å². The van der Waals surface area contributed by atoms with Crippen molar-refractivity contribution in [3.63, 3.8) is 0 Å². The first kappa shape index (κ1) is 21.6. The lowest BCUT2D eigenvalue weighted by molar-refractivity contribution is 0.147. The van der Waals surface area contributed by atoms with Crippen LogP contribution in [0.5, 0.6) is 11.8 Å². The minimum atomic E-state index is 0.187. The molecule has 0 spiro atoms. The molecule has 0 radical (unpaired) electrons. The molecule has 0 aliphatic heterocycles. The van der Waals surface area contributed by atoms with Gasteiger partial charge in [-0.3, -0.25) is 0 Å². The van der Waals surface area contributed by atoms with Crippen LogP contribution in [-0.2, 0) is 11.3 Å². The van der Waals surface area contributed by atoms with E-state index in [1.165, 1.54) is 0 Å². The zero-order valence-corrected chi connectivity index (χ0v) is 18.6. The molecule has 3 N–H and O–H groups in total. The molecule has 0 fully saturated rings. The maximum Gasteiger partial charge on any atom is 0.323 e. The molecule has 0 aliphatic carbocycles. The number of rotatable bonds is 9. The van der Waals surface area contributed by atoms with Gasteiger partial charge in [0, 0.05) is 19.0 Å². The molecule has 0 saturated carbocycles. The Hall–Kier alpha value is -4.21. The predicted octanol–water partition coefficient (Wildman–Crippen LogP) is 3.86. The highest BCUT2D eigenvalue weighted by Gasteiger charge is 2.19. The monoisotopic (exact) mass is 456 g/mol. The molecule has 9 heteroatoms. The van der Waals surface area contributed by atoms with E-state index in [0.717, 1.165) is 22.0 Å². The van der Waals surface area contributed by atoms with E-state index in [4.69, 9.17) is 30.2 Å². The number of nitrogens with zero attached hydrogens (tertiary/aromatic N) is 4. The van der Waals surface area contributed by atoms with Crippen LogP contribution >= 0.6 is 0 Å². The fraction of sp³-hybridized carbons (Fsp3) is 0.160. The molecule has 9 nitrogen and oxygen atoms in total. The Morgan fingerprint density at radius 3 is 2.53 bits per heavy atom. The van der Waals surface area contributed by atoms with Gasteiger partial charge in [-0.2, -0.15) is 15.9 Å². The number of para-hydroxylation sites is 3. The second-order valence-corrected chi connectivity index (χ2v) is 7.54. The second kappa shape index (κ2) is 9.74. The predicted molar refractivity (Wildman–Crippen MR) is 130 cm³/mol. The van der Waals surface area contributed by atoms with E-state index in [1.54, 1.807) is 11.7 Å². The van der Waals surface area contributed by atoms with Gasteiger partial charge < -0.3 is 19.6 Å². The summed E-state index contributed by atoms with van der Waals surface area (Å²) < 4.78 is 12.8. The summed E-state index contributed by atoms with van der Waals surface area (Å²) in [6, 6.07) is 23.7. The average Bonchev–Trinajstić information content (AvgIpc) is 3.27. The SMILES string of the molecule is COCCOc1cccc2c(NCc3ccccc3)nc(-n3c(ON)nc4ccccc43)nc12. The van der Waals surface area contributed by atoms with E-state index in [2.05, 4.69) is 22.4 Å². The van der Waals surface area contributed by atoms with Crippen molar-refractivity contribution in [1.29, 1.82) is 0 Å². The first-order valence-electron chi connectivity index (χ1n) is 10.8. The summed E-state index contributed by atoms with van der Waals surface area (Å²) in [5.41, 5.74) is 3.27. The number of ether oxygens (including phenoxy) is 2. The third-order valence-electron chi connectivity index (χ3n) is 5.36. The smallest absolute Gasteiger partial charge is 0.323 e. The van der Waals surface area contributed by atoms with Crippen molar-refractivity contribution in [1.82, 2.24) is 19.5 Å². The van der Waals surface area contributed by atoms with Crippen LogP contribution in [0.1, 0.15) is 5.56 Å². The minimum absolute atomic E-state index is 0.187. The van der Waals surface area contributed by atoms with Gasteiger partial charge >= 0.3 is 6.01 Å². The number of hydrogen-bond acceptors (Lipinski definition) is 8. The third-order valence-corrected chi connectivity index (χ3v) is 5.36. The van der Waals surface area contributed by atoms with Crippen molar-refractivity contribution in [3.8, 4) is 17.7 Å². The van der Waals surface area contributed by atoms with Gasteiger partial charge in [0.1, 0.15) is 23.7 Å². The van der Waals surface area contributed by atoms with Gasteiger partial charge in [0.25, 0.3) is 0 Å². The Labute approximate surface area is 196 Å². The number of methoxy groups -OCH3 is 1. The van der Waals surface area contributed by atoms with Crippen LogP contribution in [0.2, 0.25) is 0 Å². The van der Waals surface area contributed by atoms with Crippen LogP contribution in [0.15, 0.2) is 72.8 Å². The Kier molecular flexibility index (Phi) is 6.19. The van der Waals surface area contributed by atoms with Gasteiger partial charge in [0.05, 0.1) is 17.6 Å². The van der Waals surface area contributed by atoms with Gasteiger partial charge in [0.2, 0.25) is 5.95 Å². The molecule has 0 atom stereocenters. The van der Waals surface area contributed by atoms with Crippen LogP contribution in [0.4, 0.5) is 5.82 Å². The standard InChI is InChI=1S/C25H24N6O3/c1-32-14-15-33-21-13-7-10-18-22(21)29-24(30-23(18)27-16-17-8-3-2-4-9-17)31-20-12-6-5-11-19(20)28-25(31)34-26/h2-13H,14-16,26H2,1H3,(H,27,29,30). The van der Waals surface area contributed by atoms with E-state index in [1.807, 2.05) is 60.7 Å². The van der Waals surface area contributed by atoms with Crippen LogP contribution in [0.25, 0.3) is 27.9 Å². The Balaban J connectivity index is 1.67. The lowest BCUT2D eigenvalue weighted by Gasteiger charge is -2.15. The van der Waals surface area contributed by atoms with Gasteiger partial charge in [-0.25, -0.2) is 9.55 Å². The Morgan fingerprint density at radius 2 is 1.71 bits per heavy atom. The summed E-state index contributed by atoms with van der Waals surface area (Å²) in [6.07, 6.45) is 0. The molecule has 5 rings (SSSR count). The summed E-state index contributed by atoms with van der Waals surface area (Å²) in [5, 5.41) is 4.28. The number of aromatic nitrogens is 4. The number of benzene rings is 3. The largest absolute Gasteiger partial charge is 0.489 e. The summed E-state index contributed by atoms with van der Waals surface area (Å²) in [7, 11) is 1.64. The molecule has 0 bridgehead atoms. The highest BCUT2D eigenvalue weighted by atomic mass is 16.6. The molecule has 3 aromatic carbocycles. The molecular formula is C25H24N6O3. The number of nitrogens with two attached hydrogens (primary N) is 1. The lowest BCUT2D eigenvalue weighted by atomic mass is 10.2. The second-order valence-electron chi connectivity index (χ2n) is 7.54. The summed E-state index contributed by atoms with van der Waals surface area (Å²) in [6.45, 7) is 1.45. The molecule has 5 aromatic rings. The van der Waals surface area contributed by atoms with Crippen LogP contribution < -0.4 is 20.8 Å². The molecular weight excluding hydrogens is 432 g/mol. The van der Waals surface area contributed by atoms with Crippen LogP contribution in [0, 0.1) is 0 Å². The summed E-state index contributed by atoms with van der Waals surface area (Å²) >= 11 is 0. The molecule has 0 saturated heterocycles. The summed E-state index contributed by atoms with van der Waals surface area (Å²) in [4.78, 5) is 19.2. The zero-order chi connectivity index (χ0) is 23.3. The van der Waals surface area contributed by atoms with Crippen LogP contribution in [-0.4, -0.2) is 39.8 Å². The molecule has 34 heavy (non-hydrogen) atoms. The van der Waals surface area contributed by atoms with Crippen molar-refractivity contribution >= 4 is 27.8 Å². The average molecular weight is 457 g/mol. The molecule has 0 aliphatic rings. The third kappa shape index (κ3) is 4.21. The van der Waals surface area contributed by atoms with E-state index in [9.17, 15) is 0 Å². The highest BCUT2D eigenvalue weighted by Crippen LogP contribution is 2.32. The number of nitrogens with one attached hydrogen (secondary N) is 1. The van der Waals surface area contributed by atoms with Crippen molar-refractivity contribution < 1.29 is 14.3 Å². The number of hydrogen-bond donors (Lipinski definition) is 2. The molecule has 0 unspecified atom stereocenters. The fourth-order valence-electron chi connectivity index (χ4n) is 3.76. The fourth-order valence-corrected chi connectivity index (χ4v) is 3.76. The van der Waals surface area contributed by atoms with Gasteiger partial charge in [-0.1, -0.05) is 48.5 Å². The van der Waals surface area contributed by atoms with Crippen molar-refractivity contribution in [3.05, 3.63) is 78.4 Å². The Morgan fingerprint density at radius 1 is 0.882 bits per heavy atom. The Bertz CT molecular complexity index is 1420. The topological polar surface area (TPSA) is 109 Å². The quantitative estimate of drug-likeness (QED) is 0.254.